The Kier molecular flexibility index (Phi) is 5.70. The van der Waals surface area contributed by atoms with Crippen LogP contribution in [0.3, 0.4) is 0 Å². The quantitative estimate of drug-likeness (QED) is 0.608. The summed E-state index contributed by atoms with van der Waals surface area (Å²) in [5.41, 5.74) is 4.70. The van der Waals surface area contributed by atoms with Gasteiger partial charge < -0.3 is 5.32 Å². The number of rotatable bonds is 3. The van der Waals surface area contributed by atoms with Crippen molar-refractivity contribution in [2.45, 2.75) is 57.9 Å². The van der Waals surface area contributed by atoms with Crippen molar-refractivity contribution in [3.63, 3.8) is 0 Å². The molecule has 1 amide bonds. The molecule has 1 N–H and O–H groups in total. The number of aryl methyl sites for hydroxylation is 1. The molecule has 1 aliphatic carbocycles. The Hall–Kier alpha value is -2.68. The van der Waals surface area contributed by atoms with Crippen molar-refractivity contribution in [3.05, 3.63) is 65.7 Å². The zero-order valence-corrected chi connectivity index (χ0v) is 16.6. The molecular formula is C25H28N2O. The molecule has 144 valence electrons. The number of hydrogen-bond donors (Lipinski definition) is 1. The number of nitrogens with zero attached hydrogens (tertiary/aromatic N) is 1. The predicted octanol–water partition coefficient (Wildman–Crippen LogP) is 6.05. The standard InChI is InChI=1S/C25H28N2O/c1-18-11-7-8-14-20(18)24-17-22(21-15-9-10-16-23(21)27-24)25(28)26-19-12-5-3-2-4-6-13-19/h7-11,14-17,19H,2-6,12-13H2,1H3,(H,26,28). The smallest absolute Gasteiger partial charge is 0.252 e. The van der Waals surface area contributed by atoms with E-state index in [1.54, 1.807) is 0 Å². The fraction of sp³-hybridized carbons (Fsp3) is 0.360. The number of carbonyl (C=O) groups is 1. The number of aromatic nitrogens is 1. The first-order valence-corrected chi connectivity index (χ1v) is 10.5. The van der Waals surface area contributed by atoms with Crippen molar-refractivity contribution in [3.8, 4) is 11.3 Å². The highest BCUT2D eigenvalue weighted by Gasteiger charge is 2.18. The van der Waals surface area contributed by atoms with Crippen LogP contribution in [0, 0.1) is 6.92 Å². The van der Waals surface area contributed by atoms with Gasteiger partial charge in [-0.3, -0.25) is 4.79 Å². The third kappa shape index (κ3) is 4.09. The molecule has 3 heteroatoms. The third-order valence-corrected chi connectivity index (χ3v) is 5.82. The molecule has 1 fully saturated rings. The second kappa shape index (κ2) is 8.55. The Labute approximate surface area is 167 Å². The summed E-state index contributed by atoms with van der Waals surface area (Å²) in [6.45, 7) is 2.08. The highest BCUT2D eigenvalue weighted by molar-refractivity contribution is 6.07. The van der Waals surface area contributed by atoms with E-state index < -0.39 is 0 Å². The van der Waals surface area contributed by atoms with Gasteiger partial charge in [0.15, 0.2) is 0 Å². The second-order valence-corrected chi connectivity index (χ2v) is 7.90. The fourth-order valence-electron chi connectivity index (χ4n) is 4.23. The maximum absolute atomic E-state index is 13.3. The van der Waals surface area contributed by atoms with Crippen LogP contribution >= 0.6 is 0 Å². The fourth-order valence-corrected chi connectivity index (χ4v) is 4.23. The summed E-state index contributed by atoms with van der Waals surface area (Å²) in [5, 5.41) is 4.24. The molecule has 1 aromatic heterocycles. The molecule has 3 nitrogen and oxygen atoms in total. The Balaban J connectivity index is 1.70. The minimum Gasteiger partial charge on any atom is -0.349 e. The predicted molar refractivity (Wildman–Crippen MR) is 115 cm³/mol. The van der Waals surface area contributed by atoms with Crippen molar-refractivity contribution in [1.29, 1.82) is 0 Å². The summed E-state index contributed by atoms with van der Waals surface area (Å²) in [4.78, 5) is 18.1. The van der Waals surface area contributed by atoms with Crippen LogP contribution in [0.5, 0.6) is 0 Å². The lowest BCUT2D eigenvalue weighted by molar-refractivity contribution is 0.0932. The lowest BCUT2D eigenvalue weighted by Gasteiger charge is -2.21. The average molecular weight is 373 g/mol. The number of nitrogens with one attached hydrogen (secondary N) is 1. The van der Waals surface area contributed by atoms with E-state index in [0.29, 0.717) is 0 Å². The van der Waals surface area contributed by atoms with Crippen molar-refractivity contribution in [2.24, 2.45) is 0 Å². The number of pyridine rings is 1. The molecule has 0 saturated heterocycles. The van der Waals surface area contributed by atoms with Gasteiger partial charge >= 0.3 is 0 Å². The SMILES string of the molecule is Cc1ccccc1-c1cc(C(=O)NC2CCCCCCC2)c2ccccc2n1. The van der Waals surface area contributed by atoms with E-state index in [1.807, 2.05) is 42.5 Å². The van der Waals surface area contributed by atoms with Crippen LogP contribution < -0.4 is 5.32 Å². The van der Waals surface area contributed by atoms with E-state index in [4.69, 9.17) is 4.98 Å². The Morgan fingerprint density at radius 3 is 2.39 bits per heavy atom. The molecule has 28 heavy (non-hydrogen) atoms. The van der Waals surface area contributed by atoms with Crippen molar-refractivity contribution >= 4 is 16.8 Å². The number of hydrogen-bond acceptors (Lipinski definition) is 2. The maximum atomic E-state index is 13.3. The summed E-state index contributed by atoms with van der Waals surface area (Å²) in [7, 11) is 0. The van der Waals surface area contributed by atoms with E-state index in [1.165, 1.54) is 32.1 Å². The van der Waals surface area contributed by atoms with E-state index in [2.05, 4.69) is 24.4 Å². The van der Waals surface area contributed by atoms with Crippen molar-refractivity contribution < 1.29 is 4.79 Å². The maximum Gasteiger partial charge on any atom is 0.252 e. The minimum absolute atomic E-state index is 0.0269. The molecular weight excluding hydrogens is 344 g/mol. The number of benzene rings is 2. The van der Waals surface area contributed by atoms with Crippen molar-refractivity contribution in [1.82, 2.24) is 10.3 Å². The number of amides is 1. The molecule has 0 spiro atoms. The summed E-state index contributed by atoms with van der Waals surface area (Å²) >= 11 is 0. The number of carbonyl (C=O) groups excluding carboxylic acids is 1. The highest BCUT2D eigenvalue weighted by atomic mass is 16.1. The van der Waals surface area contributed by atoms with Gasteiger partial charge in [0.1, 0.15) is 0 Å². The molecule has 1 saturated carbocycles. The zero-order valence-electron chi connectivity index (χ0n) is 16.6. The molecule has 0 bridgehead atoms. The zero-order chi connectivity index (χ0) is 19.3. The first-order valence-electron chi connectivity index (χ1n) is 10.5. The Morgan fingerprint density at radius 1 is 0.929 bits per heavy atom. The van der Waals surface area contributed by atoms with E-state index in [-0.39, 0.29) is 11.9 Å². The molecule has 0 aliphatic heterocycles. The van der Waals surface area contributed by atoms with E-state index in [0.717, 1.165) is 46.1 Å². The van der Waals surface area contributed by atoms with E-state index >= 15 is 0 Å². The van der Waals surface area contributed by atoms with Crippen LogP contribution in [0.25, 0.3) is 22.2 Å². The Bertz CT molecular complexity index is 971. The summed E-state index contributed by atoms with van der Waals surface area (Å²) < 4.78 is 0. The molecule has 0 radical (unpaired) electrons. The van der Waals surface area contributed by atoms with Gasteiger partial charge in [-0.2, -0.15) is 0 Å². The molecule has 1 heterocycles. The molecule has 0 unspecified atom stereocenters. The normalized spacial score (nSPS) is 15.8. The molecule has 3 aromatic rings. The van der Waals surface area contributed by atoms with Crippen LogP contribution in [0.1, 0.15) is 60.9 Å². The largest absolute Gasteiger partial charge is 0.349 e. The summed E-state index contributed by atoms with van der Waals surface area (Å²) in [5.74, 6) is 0.0269. The van der Waals surface area contributed by atoms with Crippen LogP contribution in [-0.2, 0) is 0 Å². The Morgan fingerprint density at radius 2 is 1.61 bits per heavy atom. The van der Waals surface area contributed by atoms with Crippen LogP contribution in [-0.4, -0.2) is 16.9 Å². The first kappa shape index (κ1) is 18.7. The summed E-state index contributed by atoms with van der Waals surface area (Å²) in [6.07, 6.45) is 8.46. The molecule has 4 rings (SSSR count). The summed E-state index contributed by atoms with van der Waals surface area (Å²) in [6, 6.07) is 18.4. The van der Waals surface area contributed by atoms with Gasteiger partial charge in [-0.15, -0.1) is 0 Å². The van der Waals surface area contributed by atoms with Crippen molar-refractivity contribution in [2.75, 3.05) is 0 Å². The van der Waals surface area contributed by atoms with Gasteiger partial charge in [0.25, 0.3) is 5.91 Å². The average Bonchev–Trinajstić information content (AvgIpc) is 2.69. The lowest BCUT2D eigenvalue weighted by atomic mass is 9.96. The van der Waals surface area contributed by atoms with Crippen LogP contribution in [0.4, 0.5) is 0 Å². The van der Waals surface area contributed by atoms with Crippen LogP contribution in [0.15, 0.2) is 54.6 Å². The molecule has 2 aromatic carbocycles. The monoisotopic (exact) mass is 372 g/mol. The molecule has 0 atom stereocenters. The second-order valence-electron chi connectivity index (χ2n) is 7.90. The number of para-hydroxylation sites is 1. The lowest BCUT2D eigenvalue weighted by Crippen LogP contribution is -2.35. The van der Waals surface area contributed by atoms with E-state index in [9.17, 15) is 4.79 Å². The van der Waals surface area contributed by atoms with Gasteiger partial charge in [-0.05, 0) is 37.5 Å². The molecule has 1 aliphatic rings. The first-order chi connectivity index (χ1) is 13.7. The minimum atomic E-state index is 0.0269. The highest BCUT2D eigenvalue weighted by Crippen LogP contribution is 2.27. The van der Waals surface area contributed by atoms with Gasteiger partial charge in [-0.25, -0.2) is 4.98 Å². The van der Waals surface area contributed by atoms with Gasteiger partial charge in [-0.1, -0.05) is 74.6 Å². The van der Waals surface area contributed by atoms with Crippen LogP contribution in [0.2, 0.25) is 0 Å². The van der Waals surface area contributed by atoms with Gasteiger partial charge in [0, 0.05) is 17.0 Å². The topological polar surface area (TPSA) is 42.0 Å². The third-order valence-electron chi connectivity index (χ3n) is 5.82. The van der Waals surface area contributed by atoms with Gasteiger partial charge in [0.2, 0.25) is 0 Å². The van der Waals surface area contributed by atoms with Gasteiger partial charge in [0.05, 0.1) is 16.8 Å². The number of fused-ring (bicyclic) bond motifs is 1.